The Morgan fingerprint density at radius 3 is 1.45 bits per heavy atom. The first-order chi connectivity index (χ1) is 9.19. The minimum Gasteiger partial charge on any atom is -0.362 e. The molecule has 2 unspecified atom stereocenters. The summed E-state index contributed by atoms with van der Waals surface area (Å²) in [6.07, 6.45) is 8.07. The van der Waals surface area contributed by atoms with E-state index >= 15 is 0 Å². The first kappa shape index (κ1) is 17.4. The van der Waals surface area contributed by atoms with E-state index in [4.69, 9.17) is 0 Å². The third-order valence-electron chi connectivity index (χ3n) is 4.22. The summed E-state index contributed by atoms with van der Waals surface area (Å²) in [5, 5.41) is 0. The van der Waals surface area contributed by atoms with E-state index in [1.54, 1.807) is 0 Å². The highest BCUT2D eigenvalue weighted by Gasteiger charge is 2.62. The molecular weight excluding hydrogens is 313 g/mol. The lowest BCUT2D eigenvalue weighted by molar-refractivity contribution is -0.765. The zero-order valence-electron chi connectivity index (χ0n) is 12.9. The molecule has 1 heterocycles. The lowest BCUT2D eigenvalue weighted by Gasteiger charge is -2.53. The van der Waals surface area contributed by atoms with Crippen molar-refractivity contribution in [1.29, 1.82) is 0 Å². The van der Waals surface area contributed by atoms with E-state index in [0.29, 0.717) is 29.5 Å². The van der Waals surface area contributed by atoms with Crippen LogP contribution in [0.3, 0.4) is 0 Å². The maximum Gasteiger partial charge on any atom is 0.531 e. The number of quaternary nitrogens is 2. The molecule has 1 fully saturated rings. The summed E-state index contributed by atoms with van der Waals surface area (Å²) in [5.74, 6) is 0. The van der Waals surface area contributed by atoms with E-state index in [2.05, 4.69) is 74.4 Å². The molecule has 106 valence electrons. The van der Waals surface area contributed by atoms with Crippen molar-refractivity contribution in [1.82, 2.24) is 8.46 Å². The van der Waals surface area contributed by atoms with Gasteiger partial charge in [-0.05, 0) is 25.6 Å². The Balaban J connectivity index is 3.38. The van der Waals surface area contributed by atoms with Gasteiger partial charge in [-0.3, -0.25) is 0 Å². The molecule has 0 saturated carbocycles. The highest BCUT2D eigenvalue weighted by Crippen LogP contribution is 2.30. The third-order valence-corrected chi connectivity index (χ3v) is 17.0. The molecule has 0 bridgehead atoms. The van der Waals surface area contributed by atoms with Crippen molar-refractivity contribution in [3.05, 3.63) is 51.1 Å². The van der Waals surface area contributed by atoms with Crippen LogP contribution in [0.5, 0.6) is 0 Å². The summed E-state index contributed by atoms with van der Waals surface area (Å²) in [7, 11) is 4.49. The van der Waals surface area contributed by atoms with Gasteiger partial charge < -0.3 is 16.1 Å². The van der Waals surface area contributed by atoms with E-state index in [-0.39, 0.29) is 0 Å². The maximum atomic E-state index is 4.11. The molecule has 0 aliphatic carbocycles. The molecule has 0 aromatic heterocycles. The molecule has 1 rings (SSSR count). The Morgan fingerprint density at radius 2 is 1.20 bits per heavy atom. The fourth-order valence-electron chi connectivity index (χ4n) is 1.98. The Labute approximate surface area is 132 Å². The van der Waals surface area contributed by atoms with E-state index in [9.17, 15) is 0 Å². The molecule has 20 heavy (non-hydrogen) atoms. The van der Waals surface area contributed by atoms with Gasteiger partial charge in [-0.15, -0.1) is 0 Å². The van der Waals surface area contributed by atoms with Crippen molar-refractivity contribution in [3.8, 4) is 0 Å². The summed E-state index contributed by atoms with van der Waals surface area (Å²) in [4.78, 5) is 0. The Morgan fingerprint density at radius 1 is 0.850 bits per heavy atom. The second kappa shape index (κ2) is 6.00. The van der Waals surface area contributed by atoms with Gasteiger partial charge in [-0.25, -0.2) is 0 Å². The van der Waals surface area contributed by atoms with Crippen LogP contribution in [0, 0.1) is 0 Å². The van der Waals surface area contributed by atoms with Crippen LogP contribution in [0.15, 0.2) is 51.1 Å². The second-order valence-electron chi connectivity index (χ2n) is 5.42. The monoisotopic (exact) mass is 336 g/mol. The fraction of sp³-hybridized carbons (Fsp3) is 0.333. The topological polar surface area (TPSA) is 6.48 Å². The molecule has 8 heteroatoms. The average Bonchev–Trinajstić information content (AvgIpc) is 2.43. The summed E-state index contributed by atoms with van der Waals surface area (Å²) in [6, 6.07) is 0. The first-order valence-electron chi connectivity index (χ1n) is 6.35. The maximum absolute atomic E-state index is 4.11. The quantitative estimate of drug-likeness (QED) is 0.716. The summed E-state index contributed by atoms with van der Waals surface area (Å²) < 4.78 is 6.34. The van der Waals surface area contributed by atoms with E-state index in [1.807, 2.05) is 12.4 Å². The molecule has 0 spiro atoms. The second-order valence-corrected chi connectivity index (χ2v) is 16.4. The van der Waals surface area contributed by atoms with Gasteiger partial charge in [0.25, 0.3) is 0 Å². The van der Waals surface area contributed by atoms with E-state index < -0.39 is 8.40 Å². The fourth-order valence-corrected chi connectivity index (χ4v) is 12.7. The lowest BCUT2D eigenvalue weighted by atomic mass is 11.0. The minimum absolute atomic E-state index is 0.539. The normalized spacial score (nSPS) is 33.8. The molecular formula is C12H24N4Si4+2. The first-order valence-corrected chi connectivity index (χ1v) is 11.9. The van der Waals surface area contributed by atoms with Gasteiger partial charge in [0.1, 0.15) is 0 Å². The van der Waals surface area contributed by atoms with Crippen LogP contribution in [0.25, 0.3) is 0 Å². The van der Waals surface area contributed by atoms with Crippen molar-refractivity contribution in [2.45, 2.75) is 13.1 Å². The van der Waals surface area contributed by atoms with Gasteiger partial charge in [-0.2, -0.15) is 0 Å². The van der Waals surface area contributed by atoms with Crippen molar-refractivity contribution >= 4 is 37.9 Å². The SMILES string of the molecule is C=CN1[Si]N(C=C)[Si][N+](C)(C=C)[Si](C)(C)[N+](C)(C=C)[Si]1. The standard InChI is InChI=1S/C12H24N4Si4/c1-9-13-17-14(10-2)19-16(6,12-4)20(7,8)15(5,11-3)18-13/h9-12H,1-4H2,5-8H3/q+2. The van der Waals surface area contributed by atoms with Gasteiger partial charge in [0, 0.05) is 27.2 Å². The average molecular weight is 337 g/mol. The van der Waals surface area contributed by atoms with Gasteiger partial charge in [0.05, 0.1) is 12.4 Å². The van der Waals surface area contributed by atoms with Crippen molar-refractivity contribution in [3.63, 3.8) is 0 Å². The summed E-state index contributed by atoms with van der Waals surface area (Å²) in [5.41, 5.74) is 0. The zero-order chi connectivity index (χ0) is 15.6. The Bertz CT molecular complexity index is 392. The van der Waals surface area contributed by atoms with Gasteiger partial charge in [0.15, 0.2) is 0 Å². The van der Waals surface area contributed by atoms with E-state index in [1.165, 1.54) is 0 Å². The molecule has 1 aliphatic rings. The number of rotatable bonds is 4. The predicted molar refractivity (Wildman–Crippen MR) is 91.6 cm³/mol. The van der Waals surface area contributed by atoms with Crippen molar-refractivity contribution < 1.29 is 7.63 Å². The number of hydrogen-bond donors (Lipinski definition) is 0. The summed E-state index contributed by atoms with van der Waals surface area (Å²) >= 11 is 0. The Hall–Kier alpha value is -0.652. The number of hydrogen-bond acceptors (Lipinski definition) is 2. The van der Waals surface area contributed by atoms with Crippen molar-refractivity contribution in [2.75, 3.05) is 14.1 Å². The van der Waals surface area contributed by atoms with Gasteiger partial charge >= 0.3 is 37.9 Å². The molecule has 1 aliphatic heterocycles. The smallest absolute Gasteiger partial charge is 0.362 e. The highest BCUT2D eigenvalue weighted by atomic mass is 28.4. The van der Waals surface area contributed by atoms with Crippen LogP contribution in [-0.4, -0.2) is 68.1 Å². The van der Waals surface area contributed by atoms with Crippen LogP contribution < -0.4 is 0 Å². The zero-order valence-corrected chi connectivity index (χ0v) is 16.9. The number of nitrogens with zero attached hydrogens (tertiary/aromatic N) is 4. The summed E-state index contributed by atoms with van der Waals surface area (Å²) in [6.45, 7) is 21.0. The molecule has 0 amide bonds. The van der Waals surface area contributed by atoms with E-state index in [0.717, 1.165) is 7.63 Å². The van der Waals surface area contributed by atoms with Crippen molar-refractivity contribution in [2.24, 2.45) is 0 Å². The Kier molecular flexibility index (Phi) is 5.22. The lowest BCUT2D eigenvalue weighted by Crippen LogP contribution is -2.81. The predicted octanol–water partition coefficient (Wildman–Crippen LogP) is 1.38. The largest absolute Gasteiger partial charge is 0.531 e. The minimum atomic E-state index is -1.81. The molecule has 0 aromatic rings. The van der Waals surface area contributed by atoms with Crippen LogP contribution in [-0.2, 0) is 0 Å². The molecule has 1 saturated heterocycles. The highest BCUT2D eigenvalue weighted by molar-refractivity contribution is 6.74. The van der Waals surface area contributed by atoms with Crippen LogP contribution >= 0.6 is 0 Å². The molecule has 0 aromatic carbocycles. The molecule has 4 nitrogen and oxygen atoms in total. The third kappa shape index (κ3) is 2.71. The van der Waals surface area contributed by atoms with Crippen LogP contribution in [0.4, 0.5) is 0 Å². The van der Waals surface area contributed by atoms with Crippen LogP contribution in [0.2, 0.25) is 13.1 Å². The van der Waals surface area contributed by atoms with Gasteiger partial charge in [-0.1, -0.05) is 13.2 Å². The molecule has 6 radical (unpaired) electrons. The molecule has 2 atom stereocenters. The van der Waals surface area contributed by atoms with Crippen LogP contribution in [0.1, 0.15) is 0 Å². The molecule has 0 N–H and O–H groups in total. The van der Waals surface area contributed by atoms with Gasteiger partial charge in [0.2, 0.25) is 0 Å².